The average Bonchev–Trinajstić information content (AvgIpc) is 2.65. The van der Waals surface area contributed by atoms with E-state index < -0.39 is 0 Å². The molecule has 2 aliphatic carbocycles. The van der Waals surface area contributed by atoms with Crippen molar-refractivity contribution < 1.29 is 19.7 Å². The van der Waals surface area contributed by atoms with Gasteiger partial charge in [0.25, 0.3) is 0 Å². The molecule has 2 N–H and O–H groups in total. The van der Waals surface area contributed by atoms with Crippen molar-refractivity contribution in [1.82, 2.24) is 0 Å². The highest BCUT2D eigenvalue weighted by molar-refractivity contribution is 4.93. The van der Waals surface area contributed by atoms with Gasteiger partial charge in [0.05, 0.1) is 38.6 Å². The van der Waals surface area contributed by atoms with Crippen molar-refractivity contribution in [3.8, 4) is 0 Å². The van der Waals surface area contributed by atoms with Gasteiger partial charge in [0.1, 0.15) is 0 Å². The first-order chi connectivity index (χ1) is 12.1. The minimum Gasteiger partial charge on any atom is -0.394 e. The molecule has 0 aliphatic heterocycles. The van der Waals surface area contributed by atoms with Gasteiger partial charge in [0.2, 0.25) is 0 Å². The van der Waals surface area contributed by atoms with E-state index in [0.717, 1.165) is 37.5 Å². The summed E-state index contributed by atoms with van der Waals surface area (Å²) in [5.41, 5.74) is 0.443. The third-order valence-corrected chi connectivity index (χ3v) is 6.89. The van der Waals surface area contributed by atoms with Crippen LogP contribution in [0.5, 0.6) is 0 Å². The molecule has 0 spiro atoms. The highest BCUT2D eigenvalue weighted by Crippen LogP contribution is 2.51. The van der Waals surface area contributed by atoms with Crippen LogP contribution in [0, 0.1) is 17.3 Å². The van der Waals surface area contributed by atoms with E-state index in [4.69, 9.17) is 19.7 Å². The van der Waals surface area contributed by atoms with E-state index in [1.807, 2.05) is 0 Å². The highest BCUT2D eigenvalue weighted by Gasteiger charge is 2.43. The maximum Gasteiger partial charge on any atom is 0.0701 e. The number of rotatable bonds is 10. The lowest BCUT2D eigenvalue weighted by Crippen LogP contribution is -2.41. The van der Waals surface area contributed by atoms with Crippen molar-refractivity contribution in [2.45, 2.75) is 90.3 Å². The molecule has 0 heterocycles. The Morgan fingerprint density at radius 3 is 1.48 bits per heavy atom. The summed E-state index contributed by atoms with van der Waals surface area (Å²) in [4.78, 5) is 0. The van der Waals surface area contributed by atoms with Crippen molar-refractivity contribution in [3.05, 3.63) is 0 Å². The fourth-order valence-corrected chi connectivity index (χ4v) is 5.50. The van der Waals surface area contributed by atoms with E-state index in [1.54, 1.807) is 0 Å². The zero-order valence-electron chi connectivity index (χ0n) is 16.4. The monoisotopic (exact) mass is 356 g/mol. The summed E-state index contributed by atoms with van der Waals surface area (Å²) in [5.74, 6) is 1.61. The summed E-state index contributed by atoms with van der Waals surface area (Å²) in [6.45, 7) is 6.11. The summed E-state index contributed by atoms with van der Waals surface area (Å²) in [6.07, 6.45) is 13.0. The molecule has 0 atom stereocenters. The molecule has 148 valence electrons. The number of hydrogen-bond donors (Lipinski definition) is 2. The molecule has 0 saturated heterocycles. The highest BCUT2D eigenvalue weighted by atomic mass is 16.5. The fourth-order valence-electron chi connectivity index (χ4n) is 5.50. The van der Waals surface area contributed by atoms with E-state index >= 15 is 0 Å². The van der Waals surface area contributed by atoms with E-state index in [1.165, 1.54) is 38.5 Å². The number of aliphatic hydroxyl groups is 2. The summed E-state index contributed by atoms with van der Waals surface area (Å²) in [5, 5.41) is 17.9. The largest absolute Gasteiger partial charge is 0.394 e. The maximum absolute atomic E-state index is 8.94. The van der Waals surface area contributed by atoms with Crippen molar-refractivity contribution in [2.24, 2.45) is 17.3 Å². The van der Waals surface area contributed by atoms with Crippen molar-refractivity contribution >= 4 is 0 Å². The van der Waals surface area contributed by atoms with Crippen LogP contribution in [0.2, 0.25) is 0 Å². The number of aliphatic hydroxyl groups excluding tert-OH is 2. The first kappa shape index (κ1) is 21.1. The Bertz CT molecular complexity index is 316. The molecule has 25 heavy (non-hydrogen) atoms. The van der Waals surface area contributed by atoms with Gasteiger partial charge in [0, 0.05) is 0 Å². The second-order valence-electron chi connectivity index (χ2n) is 8.39. The molecule has 2 fully saturated rings. The predicted octanol–water partition coefficient (Wildman–Crippen LogP) is 3.93. The third-order valence-electron chi connectivity index (χ3n) is 6.89. The molecule has 2 saturated carbocycles. The fraction of sp³-hybridized carbons (Fsp3) is 1.00. The smallest absolute Gasteiger partial charge is 0.0701 e. The van der Waals surface area contributed by atoms with Gasteiger partial charge < -0.3 is 19.7 Å². The summed E-state index contributed by atoms with van der Waals surface area (Å²) < 4.78 is 11.5. The van der Waals surface area contributed by atoms with Crippen LogP contribution >= 0.6 is 0 Å². The van der Waals surface area contributed by atoms with Crippen molar-refractivity contribution in [3.63, 3.8) is 0 Å². The van der Waals surface area contributed by atoms with E-state index in [2.05, 4.69) is 13.8 Å². The van der Waals surface area contributed by atoms with Crippen LogP contribution in [-0.4, -0.2) is 48.8 Å². The van der Waals surface area contributed by atoms with Gasteiger partial charge in [-0.15, -0.1) is 0 Å². The normalized spacial score (nSPS) is 33.1. The van der Waals surface area contributed by atoms with Gasteiger partial charge in [-0.3, -0.25) is 0 Å². The van der Waals surface area contributed by atoms with Gasteiger partial charge in [-0.2, -0.15) is 0 Å². The Morgan fingerprint density at radius 2 is 1.16 bits per heavy atom. The van der Waals surface area contributed by atoms with Crippen LogP contribution in [0.1, 0.15) is 78.1 Å². The standard InChI is InChI=1S/C21H40O4/c1-3-12-21(2,17-4-8-19(9-5-17)24-15-13-22)18-6-10-20(11-7-18)25-16-14-23/h17-20,22-23H,3-16H2,1-2H3. The Kier molecular flexibility index (Phi) is 9.18. The zero-order chi connectivity index (χ0) is 18.1. The lowest BCUT2D eigenvalue weighted by Gasteiger charge is -2.49. The first-order valence-electron chi connectivity index (χ1n) is 10.6. The van der Waals surface area contributed by atoms with Gasteiger partial charge >= 0.3 is 0 Å². The van der Waals surface area contributed by atoms with Crippen LogP contribution in [0.25, 0.3) is 0 Å². The van der Waals surface area contributed by atoms with Gasteiger partial charge in [-0.1, -0.05) is 20.3 Å². The quantitative estimate of drug-likeness (QED) is 0.623. The van der Waals surface area contributed by atoms with Crippen LogP contribution in [0.15, 0.2) is 0 Å². The Morgan fingerprint density at radius 1 is 0.760 bits per heavy atom. The topological polar surface area (TPSA) is 58.9 Å². The number of hydrogen-bond acceptors (Lipinski definition) is 4. The van der Waals surface area contributed by atoms with Gasteiger partial charge in [-0.05, 0) is 75.0 Å². The van der Waals surface area contributed by atoms with E-state index in [9.17, 15) is 0 Å². The summed E-state index contributed by atoms with van der Waals surface area (Å²) >= 11 is 0. The zero-order valence-corrected chi connectivity index (χ0v) is 16.4. The SMILES string of the molecule is CCCC(C)(C1CCC(OCCO)CC1)C1CCC(OCCO)CC1. The lowest BCUT2D eigenvalue weighted by atomic mass is 9.58. The molecule has 4 heteroatoms. The predicted molar refractivity (Wildman–Crippen MR) is 101 cm³/mol. The summed E-state index contributed by atoms with van der Waals surface area (Å²) in [7, 11) is 0. The molecule has 0 unspecified atom stereocenters. The van der Waals surface area contributed by atoms with Crippen LogP contribution < -0.4 is 0 Å². The third kappa shape index (κ3) is 5.92. The van der Waals surface area contributed by atoms with Gasteiger partial charge in [0.15, 0.2) is 0 Å². The molecule has 0 aromatic carbocycles. The molecule has 0 aromatic heterocycles. The molecule has 2 rings (SSSR count). The lowest BCUT2D eigenvalue weighted by molar-refractivity contribution is -0.0520. The molecule has 0 radical (unpaired) electrons. The van der Waals surface area contributed by atoms with Crippen LogP contribution in [0.3, 0.4) is 0 Å². The minimum atomic E-state index is 0.134. The van der Waals surface area contributed by atoms with E-state index in [-0.39, 0.29) is 13.2 Å². The van der Waals surface area contributed by atoms with Gasteiger partial charge in [-0.25, -0.2) is 0 Å². The molecule has 0 bridgehead atoms. The van der Waals surface area contributed by atoms with Crippen molar-refractivity contribution in [1.29, 1.82) is 0 Å². The number of ether oxygens (including phenoxy) is 2. The van der Waals surface area contributed by atoms with Crippen molar-refractivity contribution in [2.75, 3.05) is 26.4 Å². The molecular weight excluding hydrogens is 316 g/mol. The average molecular weight is 357 g/mol. The summed E-state index contributed by atoms with van der Waals surface area (Å²) in [6, 6.07) is 0. The molecular formula is C21H40O4. The first-order valence-corrected chi connectivity index (χ1v) is 10.6. The molecule has 0 aromatic rings. The maximum atomic E-state index is 8.94. The molecule has 0 amide bonds. The van der Waals surface area contributed by atoms with Crippen LogP contribution in [-0.2, 0) is 9.47 Å². The Hall–Kier alpha value is -0.160. The Balaban J connectivity index is 1.88. The minimum absolute atomic E-state index is 0.134. The molecule has 2 aliphatic rings. The second kappa shape index (κ2) is 10.9. The molecule has 4 nitrogen and oxygen atoms in total. The second-order valence-corrected chi connectivity index (χ2v) is 8.39. The Labute approximate surface area is 154 Å². The van der Waals surface area contributed by atoms with Crippen LogP contribution in [0.4, 0.5) is 0 Å². The van der Waals surface area contributed by atoms with E-state index in [0.29, 0.717) is 30.8 Å².